The zero-order chi connectivity index (χ0) is 8.48. The van der Waals surface area contributed by atoms with Crippen LogP contribution in [-0.4, -0.2) is 16.8 Å². The van der Waals surface area contributed by atoms with Gasteiger partial charge in [-0.1, -0.05) is 11.8 Å². The number of carbonyl (C=O) groups is 1. The molecular weight excluding hydrogens is 170 g/mol. The quantitative estimate of drug-likeness (QED) is 0.648. The fourth-order valence-electron chi connectivity index (χ4n) is 1.14. The lowest BCUT2D eigenvalue weighted by Crippen LogP contribution is -2.36. The lowest BCUT2D eigenvalue weighted by Gasteiger charge is -2.34. The molecule has 1 fully saturated rings. The van der Waals surface area contributed by atoms with Crippen LogP contribution in [0.5, 0.6) is 0 Å². The van der Waals surface area contributed by atoms with E-state index in [2.05, 4.69) is 0 Å². The number of hydrogen-bond donors (Lipinski definition) is 0. The van der Waals surface area contributed by atoms with Gasteiger partial charge in [-0.2, -0.15) is 0 Å². The molecule has 1 aliphatic rings. The second kappa shape index (κ2) is 3.09. The Balaban J connectivity index is 2.09. The second-order valence-corrected chi connectivity index (χ2v) is 4.13. The summed E-state index contributed by atoms with van der Waals surface area (Å²) in [7, 11) is 0. The van der Waals surface area contributed by atoms with Gasteiger partial charge in [0.2, 0.25) is 5.92 Å². The van der Waals surface area contributed by atoms with E-state index in [0.717, 1.165) is 11.8 Å². The highest BCUT2D eigenvalue weighted by Gasteiger charge is 2.44. The van der Waals surface area contributed by atoms with E-state index in [1.807, 2.05) is 0 Å². The van der Waals surface area contributed by atoms with Crippen LogP contribution in [0.2, 0.25) is 0 Å². The maximum atomic E-state index is 12.2. The summed E-state index contributed by atoms with van der Waals surface area (Å²) in [6.07, 6.45) is -0.0689. The van der Waals surface area contributed by atoms with E-state index in [-0.39, 0.29) is 23.9 Å². The van der Waals surface area contributed by atoms with E-state index in [4.69, 9.17) is 0 Å². The lowest BCUT2D eigenvalue weighted by molar-refractivity contribution is -0.110. The fraction of sp³-hybridized carbons (Fsp3) is 0.857. The van der Waals surface area contributed by atoms with Crippen LogP contribution in [0.1, 0.15) is 19.8 Å². The molecule has 0 unspecified atom stereocenters. The van der Waals surface area contributed by atoms with E-state index in [9.17, 15) is 13.6 Å². The minimum absolute atomic E-state index is 0.0141. The zero-order valence-electron chi connectivity index (χ0n) is 6.27. The molecule has 0 aromatic carbocycles. The summed E-state index contributed by atoms with van der Waals surface area (Å²) >= 11 is 1.14. The molecule has 64 valence electrons. The zero-order valence-corrected chi connectivity index (χ0v) is 7.09. The van der Waals surface area contributed by atoms with Crippen LogP contribution in [0.4, 0.5) is 8.78 Å². The predicted octanol–water partition coefficient (Wildman–Crippen LogP) is 2.31. The Kier molecular flexibility index (Phi) is 2.52. The van der Waals surface area contributed by atoms with Crippen LogP contribution in [0.3, 0.4) is 0 Å². The maximum absolute atomic E-state index is 12.2. The molecule has 1 saturated carbocycles. The van der Waals surface area contributed by atoms with Gasteiger partial charge < -0.3 is 0 Å². The van der Waals surface area contributed by atoms with E-state index in [1.165, 1.54) is 6.92 Å². The van der Waals surface area contributed by atoms with Gasteiger partial charge in [0.05, 0.1) is 0 Å². The van der Waals surface area contributed by atoms with Crippen LogP contribution in [0.25, 0.3) is 0 Å². The van der Waals surface area contributed by atoms with Gasteiger partial charge in [0.25, 0.3) is 0 Å². The first-order valence-corrected chi connectivity index (χ1v) is 4.49. The standard InChI is InChI=1S/C7H10F2OS/c1-5(10)11-4-6-2-7(8,9)3-6/h6H,2-4H2,1H3. The van der Waals surface area contributed by atoms with Gasteiger partial charge in [0, 0.05) is 25.5 Å². The Labute approximate surface area is 68.5 Å². The normalized spacial score (nSPS) is 22.8. The number of thioether (sulfide) groups is 1. The van der Waals surface area contributed by atoms with Crippen LogP contribution in [0, 0.1) is 5.92 Å². The molecule has 1 aliphatic carbocycles. The third-order valence-electron chi connectivity index (χ3n) is 1.70. The molecule has 1 rings (SSSR count). The number of hydrogen-bond acceptors (Lipinski definition) is 2. The van der Waals surface area contributed by atoms with E-state index < -0.39 is 5.92 Å². The van der Waals surface area contributed by atoms with E-state index in [0.29, 0.717) is 5.75 Å². The van der Waals surface area contributed by atoms with Crippen molar-refractivity contribution in [2.75, 3.05) is 5.75 Å². The smallest absolute Gasteiger partial charge is 0.248 e. The number of carbonyl (C=O) groups excluding carboxylic acids is 1. The molecule has 0 aromatic rings. The topological polar surface area (TPSA) is 17.1 Å². The first-order valence-electron chi connectivity index (χ1n) is 3.51. The van der Waals surface area contributed by atoms with Crippen molar-refractivity contribution in [3.63, 3.8) is 0 Å². The number of halogens is 2. The van der Waals surface area contributed by atoms with Crippen molar-refractivity contribution in [2.24, 2.45) is 5.92 Å². The van der Waals surface area contributed by atoms with Crippen LogP contribution in [0.15, 0.2) is 0 Å². The molecular formula is C7H10F2OS. The van der Waals surface area contributed by atoms with Gasteiger partial charge in [0.1, 0.15) is 0 Å². The molecule has 0 N–H and O–H groups in total. The second-order valence-electron chi connectivity index (χ2n) is 2.93. The Morgan fingerprint density at radius 1 is 1.64 bits per heavy atom. The summed E-state index contributed by atoms with van der Waals surface area (Å²) in [5.41, 5.74) is 0. The van der Waals surface area contributed by atoms with Crippen molar-refractivity contribution < 1.29 is 13.6 Å². The average molecular weight is 180 g/mol. The van der Waals surface area contributed by atoms with Crippen LogP contribution in [-0.2, 0) is 4.79 Å². The largest absolute Gasteiger partial charge is 0.288 e. The molecule has 4 heteroatoms. The number of rotatable bonds is 2. The average Bonchev–Trinajstić information content (AvgIpc) is 1.78. The SMILES string of the molecule is CC(=O)SCC1CC(F)(F)C1. The summed E-state index contributed by atoms with van der Waals surface area (Å²) in [5.74, 6) is -1.83. The Hall–Kier alpha value is -0.120. The van der Waals surface area contributed by atoms with Crippen molar-refractivity contribution in [1.82, 2.24) is 0 Å². The van der Waals surface area contributed by atoms with Gasteiger partial charge in [-0.25, -0.2) is 8.78 Å². The molecule has 0 aromatic heterocycles. The van der Waals surface area contributed by atoms with E-state index in [1.54, 1.807) is 0 Å². The molecule has 0 heterocycles. The highest BCUT2D eigenvalue weighted by molar-refractivity contribution is 8.13. The van der Waals surface area contributed by atoms with Crippen molar-refractivity contribution >= 4 is 16.9 Å². The number of alkyl halides is 2. The lowest BCUT2D eigenvalue weighted by atomic mass is 9.83. The third-order valence-corrected chi connectivity index (χ3v) is 2.74. The molecule has 1 nitrogen and oxygen atoms in total. The van der Waals surface area contributed by atoms with Crippen molar-refractivity contribution in [3.8, 4) is 0 Å². The summed E-state index contributed by atoms with van der Waals surface area (Å²) in [6.45, 7) is 1.46. The first kappa shape index (κ1) is 8.97. The molecule has 0 saturated heterocycles. The van der Waals surface area contributed by atoms with Gasteiger partial charge in [-0.15, -0.1) is 0 Å². The summed E-state index contributed by atoms with van der Waals surface area (Å²) in [6, 6.07) is 0. The van der Waals surface area contributed by atoms with Crippen molar-refractivity contribution in [1.29, 1.82) is 0 Å². The minimum atomic E-state index is -2.44. The summed E-state index contributed by atoms with van der Waals surface area (Å²) in [5, 5.41) is 0.0141. The van der Waals surface area contributed by atoms with Gasteiger partial charge >= 0.3 is 0 Å². The minimum Gasteiger partial charge on any atom is -0.288 e. The fourth-order valence-corrected chi connectivity index (χ4v) is 1.84. The van der Waals surface area contributed by atoms with Crippen LogP contribution < -0.4 is 0 Å². The Morgan fingerprint density at radius 2 is 2.18 bits per heavy atom. The van der Waals surface area contributed by atoms with E-state index >= 15 is 0 Å². The molecule has 0 radical (unpaired) electrons. The molecule has 0 spiro atoms. The van der Waals surface area contributed by atoms with Crippen molar-refractivity contribution in [3.05, 3.63) is 0 Å². The predicted molar refractivity (Wildman–Crippen MR) is 40.8 cm³/mol. The summed E-state index contributed by atoms with van der Waals surface area (Å²) in [4.78, 5) is 10.4. The van der Waals surface area contributed by atoms with Gasteiger partial charge in [-0.05, 0) is 5.92 Å². The summed E-state index contributed by atoms with van der Waals surface area (Å²) < 4.78 is 24.4. The Morgan fingerprint density at radius 3 is 2.55 bits per heavy atom. The van der Waals surface area contributed by atoms with Crippen LogP contribution >= 0.6 is 11.8 Å². The van der Waals surface area contributed by atoms with Gasteiger partial charge in [0.15, 0.2) is 5.12 Å². The maximum Gasteiger partial charge on any atom is 0.248 e. The molecule has 0 aliphatic heterocycles. The highest BCUT2D eigenvalue weighted by Crippen LogP contribution is 2.43. The Bertz CT molecular complexity index is 162. The molecule has 0 amide bonds. The monoisotopic (exact) mass is 180 g/mol. The molecule has 0 atom stereocenters. The molecule has 0 bridgehead atoms. The van der Waals surface area contributed by atoms with Gasteiger partial charge in [-0.3, -0.25) is 4.79 Å². The first-order chi connectivity index (χ1) is 4.99. The van der Waals surface area contributed by atoms with Crippen molar-refractivity contribution in [2.45, 2.75) is 25.7 Å². The molecule has 11 heavy (non-hydrogen) atoms. The highest BCUT2D eigenvalue weighted by atomic mass is 32.2. The third kappa shape index (κ3) is 2.77.